The smallest absolute Gasteiger partial charge is 0.251 e. The maximum Gasteiger partial charge on any atom is 0.251 e. The molecule has 0 aliphatic rings. The van der Waals surface area contributed by atoms with Crippen LogP contribution in [0.3, 0.4) is 0 Å². The van der Waals surface area contributed by atoms with E-state index in [9.17, 15) is 14.7 Å². The van der Waals surface area contributed by atoms with Gasteiger partial charge in [0, 0.05) is 18.0 Å². The maximum atomic E-state index is 12.6. The summed E-state index contributed by atoms with van der Waals surface area (Å²) in [5.41, 5.74) is 2.28. The van der Waals surface area contributed by atoms with Gasteiger partial charge in [-0.3, -0.25) is 4.79 Å². The lowest BCUT2D eigenvalue weighted by Crippen LogP contribution is -2.34. The van der Waals surface area contributed by atoms with Gasteiger partial charge in [-0.05, 0) is 54.7 Å². The van der Waals surface area contributed by atoms with Gasteiger partial charge in [-0.2, -0.15) is 0 Å². The molecular weight excluding hydrogens is 354 g/mol. The van der Waals surface area contributed by atoms with E-state index in [2.05, 4.69) is 26.1 Å². The molecule has 2 aromatic rings. The molecule has 0 aliphatic heterocycles. The van der Waals surface area contributed by atoms with Crippen molar-refractivity contribution in [1.82, 2.24) is 5.32 Å². The second-order valence-electron chi connectivity index (χ2n) is 8.17. The van der Waals surface area contributed by atoms with Gasteiger partial charge in [0.05, 0.1) is 12.1 Å². The van der Waals surface area contributed by atoms with Gasteiger partial charge in [-0.1, -0.05) is 45.0 Å². The number of hydrogen-bond donors (Lipinski definition) is 1. The fourth-order valence-corrected chi connectivity index (χ4v) is 2.83. The van der Waals surface area contributed by atoms with Gasteiger partial charge < -0.3 is 20.0 Å². The van der Waals surface area contributed by atoms with Gasteiger partial charge in [0.15, 0.2) is 0 Å². The summed E-state index contributed by atoms with van der Waals surface area (Å²) in [5, 5.41) is 14.0. The molecule has 2 rings (SSSR count). The first kappa shape index (κ1) is 21.5. The second kappa shape index (κ2) is 8.91. The zero-order valence-corrected chi connectivity index (χ0v) is 17.1. The van der Waals surface area contributed by atoms with E-state index in [1.54, 1.807) is 36.4 Å². The quantitative estimate of drug-likeness (QED) is 0.796. The number of hydrogen-bond acceptors (Lipinski definition) is 4. The molecule has 0 radical (unpaired) electrons. The van der Waals surface area contributed by atoms with Crippen LogP contribution < -0.4 is 15.2 Å². The highest BCUT2D eigenvalue weighted by Gasteiger charge is 2.18. The van der Waals surface area contributed by atoms with Crippen molar-refractivity contribution in [2.24, 2.45) is 0 Å². The minimum atomic E-state index is -1.23. The highest BCUT2D eigenvalue weighted by molar-refractivity contribution is 5.94. The van der Waals surface area contributed by atoms with E-state index >= 15 is 0 Å². The van der Waals surface area contributed by atoms with Gasteiger partial charge >= 0.3 is 0 Å². The molecule has 0 bridgehead atoms. The highest BCUT2D eigenvalue weighted by atomic mass is 16.5. The van der Waals surface area contributed by atoms with Gasteiger partial charge in [0.25, 0.3) is 5.91 Å². The molecule has 5 nitrogen and oxygen atoms in total. The van der Waals surface area contributed by atoms with Crippen molar-refractivity contribution >= 4 is 11.9 Å². The molecule has 0 unspecified atom stereocenters. The number of rotatable bonds is 7. The summed E-state index contributed by atoms with van der Waals surface area (Å²) < 4.78 is 5.60. The first-order valence-electron chi connectivity index (χ1n) is 9.44. The Morgan fingerprint density at radius 2 is 1.57 bits per heavy atom. The fourth-order valence-electron chi connectivity index (χ4n) is 2.83. The number of carbonyl (C=O) groups excluding carboxylic acids is 2. The van der Waals surface area contributed by atoms with Crippen LogP contribution in [0.2, 0.25) is 0 Å². The van der Waals surface area contributed by atoms with Crippen molar-refractivity contribution in [3.8, 4) is 5.75 Å². The van der Waals surface area contributed by atoms with E-state index in [0.717, 1.165) is 5.56 Å². The van der Waals surface area contributed by atoms with Gasteiger partial charge in [-0.25, -0.2) is 0 Å². The molecule has 1 atom stereocenters. The second-order valence-corrected chi connectivity index (χ2v) is 8.17. The molecule has 0 saturated heterocycles. The number of aliphatic carboxylic acids is 1. The molecule has 150 valence electrons. The summed E-state index contributed by atoms with van der Waals surface area (Å²) in [4.78, 5) is 23.8. The van der Waals surface area contributed by atoms with Crippen LogP contribution in [-0.4, -0.2) is 18.0 Å². The van der Waals surface area contributed by atoms with Crippen molar-refractivity contribution in [3.05, 3.63) is 65.2 Å². The van der Waals surface area contributed by atoms with E-state index in [1.807, 2.05) is 26.0 Å². The van der Waals surface area contributed by atoms with E-state index in [0.29, 0.717) is 16.9 Å². The molecule has 2 aromatic carbocycles. The zero-order valence-electron chi connectivity index (χ0n) is 17.1. The summed E-state index contributed by atoms with van der Waals surface area (Å²) >= 11 is 0. The van der Waals surface area contributed by atoms with Crippen LogP contribution in [-0.2, 0) is 10.2 Å². The van der Waals surface area contributed by atoms with Crippen LogP contribution in [0.5, 0.6) is 5.75 Å². The molecule has 0 heterocycles. The number of ether oxygens (including phenoxy) is 1. The molecule has 0 aliphatic carbocycles. The average Bonchev–Trinajstić information content (AvgIpc) is 2.60. The predicted molar refractivity (Wildman–Crippen MR) is 107 cm³/mol. The Balaban J connectivity index is 2.17. The first-order chi connectivity index (χ1) is 13.1. The molecule has 28 heavy (non-hydrogen) atoms. The van der Waals surface area contributed by atoms with Crippen LogP contribution in [0, 0.1) is 0 Å². The van der Waals surface area contributed by atoms with Crippen LogP contribution in [0.4, 0.5) is 0 Å². The molecule has 0 spiro atoms. The van der Waals surface area contributed by atoms with Crippen LogP contribution in [0.1, 0.15) is 68.6 Å². The number of carbonyl (C=O) groups is 2. The Morgan fingerprint density at radius 3 is 2.04 bits per heavy atom. The molecule has 1 N–H and O–H groups in total. The van der Waals surface area contributed by atoms with Gasteiger partial charge in [0.2, 0.25) is 0 Å². The molecular formula is C23H28NO4-. The zero-order chi connectivity index (χ0) is 20.9. The highest BCUT2D eigenvalue weighted by Crippen LogP contribution is 2.24. The van der Waals surface area contributed by atoms with Crippen LogP contribution in [0.15, 0.2) is 48.5 Å². The third kappa shape index (κ3) is 6.12. The largest absolute Gasteiger partial charge is 0.550 e. The average molecular weight is 382 g/mol. The predicted octanol–water partition coefficient (Wildman–Crippen LogP) is 3.38. The first-order valence-corrected chi connectivity index (χ1v) is 9.44. The fraction of sp³-hybridized carbons (Fsp3) is 0.391. The topological polar surface area (TPSA) is 78.5 Å². The van der Waals surface area contributed by atoms with Crippen molar-refractivity contribution in [1.29, 1.82) is 0 Å². The molecule has 0 fully saturated rings. The van der Waals surface area contributed by atoms with Crippen molar-refractivity contribution in [3.63, 3.8) is 0 Å². The number of carboxylic acid groups (broad SMARTS) is 1. The summed E-state index contributed by atoms with van der Waals surface area (Å²) in [5.74, 6) is -0.861. The van der Waals surface area contributed by atoms with Crippen molar-refractivity contribution in [2.45, 2.75) is 58.6 Å². The lowest BCUT2D eigenvalue weighted by Gasteiger charge is -2.21. The summed E-state index contributed by atoms with van der Waals surface area (Å²) in [7, 11) is 0. The molecule has 5 heteroatoms. The Morgan fingerprint density at radius 1 is 1.00 bits per heavy atom. The Hall–Kier alpha value is -2.82. The van der Waals surface area contributed by atoms with Crippen LogP contribution >= 0.6 is 0 Å². The Kier molecular flexibility index (Phi) is 6.84. The molecule has 0 aromatic heterocycles. The van der Waals surface area contributed by atoms with E-state index in [-0.39, 0.29) is 23.8 Å². The van der Waals surface area contributed by atoms with Gasteiger partial charge in [-0.15, -0.1) is 0 Å². The van der Waals surface area contributed by atoms with Crippen LogP contribution in [0.25, 0.3) is 0 Å². The lowest BCUT2D eigenvalue weighted by molar-refractivity contribution is -0.306. The maximum absolute atomic E-state index is 12.6. The summed E-state index contributed by atoms with van der Waals surface area (Å²) in [6.45, 7) is 10.2. The van der Waals surface area contributed by atoms with E-state index in [4.69, 9.17) is 4.74 Å². The van der Waals surface area contributed by atoms with Crippen molar-refractivity contribution in [2.75, 3.05) is 0 Å². The molecule has 0 saturated carbocycles. The van der Waals surface area contributed by atoms with Crippen molar-refractivity contribution < 1.29 is 19.4 Å². The number of nitrogens with one attached hydrogen (secondary N) is 1. The normalized spacial score (nSPS) is 12.5. The van der Waals surface area contributed by atoms with Gasteiger partial charge in [0.1, 0.15) is 5.75 Å². The Bertz CT molecular complexity index is 802. The molecule has 1 amide bonds. The summed E-state index contributed by atoms with van der Waals surface area (Å²) in [6, 6.07) is 13.7. The third-order valence-electron chi connectivity index (χ3n) is 4.34. The third-order valence-corrected chi connectivity index (χ3v) is 4.34. The Labute approximate surface area is 166 Å². The minimum absolute atomic E-state index is 0.00762. The standard InChI is InChI=1S/C23H29NO4/c1-15(2)28-19-12-8-16(9-13-19)20(14-21(25)26)24-22(27)17-6-10-18(11-7-17)23(3,4)5/h6-13,15,20H,14H2,1-5H3,(H,24,27)(H,25,26)/p-1/t20-/m0/s1. The number of carboxylic acids is 1. The SMILES string of the molecule is CC(C)Oc1ccc([C@H](CC(=O)[O-])NC(=O)c2ccc(C(C)(C)C)cc2)cc1. The van der Waals surface area contributed by atoms with E-state index < -0.39 is 12.0 Å². The summed E-state index contributed by atoms with van der Waals surface area (Å²) in [6.07, 6.45) is -0.267. The number of amides is 1. The lowest BCUT2D eigenvalue weighted by atomic mass is 9.86. The number of benzene rings is 2. The monoisotopic (exact) mass is 382 g/mol. The minimum Gasteiger partial charge on any atom is -0.550 e. The van der Waals surface area contributed by atoms with E-state index in [1.165, 1.54) is 0 Å².